The monoisotopic (exact) mass is 393 g/mol. The number of pyridine rings is 2. The Balaban J connectivity index is 1.30. The molecule has 0 aliphatic carbocycles. The van der Waals surface area contributed by atoms with Crippen molar-refractivity contribution < 1.29 is 9.53 Å². The van der Waals surface area contributed by atoms with Crippen LogP contribution < -0.4 is 0 Å². The summed E-state index contributed by atoms with van der Waals surface area (Å²) < 4.78 is 5.26. The third-order valence-corrected chi connectivity index (χ3v) is 6.48. The van der Waals surface area contributed by atoms with Crippen LogP contribution in [0.4, 0.5) is 4.79 Å². The Kier molecular flexibility index (Phi) is 4.83. The van der Waals surface area contributed by atoms with E-state index in [9.17, 15) is 4.79 Å². The van der Waals surface area contributed by atoms with Crippen LogP contribution in [0.2, 0.25) is 0 Å². The Bertz CT molecular complexity index is 1020. The summed E-state index contributed by atoms with van der Waals surface area (Å²) in [5.74, 6) is 0.886. The van der Waals surface area contributed by atoms with Crippen LogP contribution in [-0.2, 0) is 4.74 Å². The largest absolute Gasteiger partial charge is 0.384 e. The fourth-order valence-corrected chi connectivity index (χ4v) is 4.93. The minimum absolute atomic E-state index is 0.189. The molecule has 1 atom stereocenters. The van der Waals surface area contributed by atoms with E-state index in [0.29, 0.717) is 11.8 Å². The highest BCUT2D eigenvalue weighted by atomic mass is 16.5. The van der Waals surface area contributed by atoms with E-state index in [1.807, 2.05) is 34.5 Å². The van der Waals surface area contributed by atoms with Gasteiger partial charge in [0.05, 0.1) is 18.3 Å². The number of hydrogen-bond donors (Lipinski definition) is 1. The maximum absolute atomic E-state index is 12.9. The van der Waals surface area contributed by atoms with Crippen LogP contribution in [0.25, 0.3) is 21.9 Å². The molecule has 1 N–H and O–H groups in total. The quantitative estimate of drug-likeness (QED) is 0.740. The fraction of sp³-hybridized carbons (Fsp3) is 0.500. The molecule has 5 rings (SSSR count). The van der Waals surface area contributed by atoms with Gasteiger partial charge in [-0.15, -0.1) is 0 Å². The summed E-state index contributed by atoms with van der Waals surface area (Å²) >= 11 is 0. The van der Waals surface area contributed by atoms with Crippen molar-refractivity contribution in [3.63, 3.8) is 0 Å². The zero-order valence-electron chi connectivity index (χ0n) is 16.8. The molecule has 3 aromatic rings. The molecular weight excluding hydrogens is 366 g/mol. The SMILES string of the molecule is COCC1CCN(C(=O)N2CCC(c3cnc4ncc5[nH]cccc5c34)CC2)C1. The number of piperidine rings is 1. The van der Waals surface area contributed by atoms with Crippen molar-refractivity contribution in [1.29, 1.82) is 0 Å². The lowest BCUT2D eigenvalue weighted by atomic mass is 9.89. The molecule has 2 aliphatic rings. The van der Waals surface area contributed by atoms with Crippen LogP contribution in [0.15, 0.2) is 30.7 Å². The smallest absolute Gasteiger partial charge is 0.320 e. The van der Waals surface area contributed by atoms with Gasteiger partial charge in [0.25, 0.3) is 0 Å². The predicted octanol–water partition coefficient (Wildman–Crippen LogP) is 3.38. The number of aromatic nitrogens is 3. The lowest BCUT2D eigenvalue weighted by molar-refractivity contribution is 0.136. The van der Waals surface area contributed by atoms with Gasteiger partial charge in [0.1, 0.15) is 0 Å². The number of urea groups is 1. The minimum Gasteiger partial charge on any atom is -0.384 e. The maximum Gasteiger partial charge on any atom is 0.320 e. The summed E-state index contributed by atoms with van der Waals surface area (Å²) in [6.07, 6.45) is 8.73. The first-order valence-electron chi connectivity index (χ1n) is 10.5. The minimum atomic E-state index is 0.189. The van der Waals surface area contributed by atoms with E-state index in [1.54, 1.807) is 7.11 Å². The van der Waals surface area contributed by atoms with Crippen LogP contribution in [0.5, 0.6) is 0 Å². The lowest BCUT2D eigenvalue weighted by Crippen LogP contribution is -2.45. The van der Waals surface area contributed by atoms with E-state index in [4.69, 9.17) is 4.74 Å². The van der Waals surface area contributed by atoms with Crippen molar-refractivity contribution in [3.8, 4) is 0 Å². The third-order valence-electron chi connectivity index (χ3n) is 6.48. The molecule has 2 fully saturated rings. The van der Waals surface area contributed by atoms with Crippen molar-refractivity contribution in [2.45, 2.75) is 25.2 Å². The van der Waals surface area contributed by atoms with Gasteiger partial charge in [-0.25, -0.2) is 14.8 Å². The third kappa shape index (κ3) is 3.33. The summed E-state index contributed by atoms with van der Waals surface area (Å²) in [6, 6.07) is 4.34. The second kappa shape index (κ2) is 7.63. The Morgan fingerprint density at radius 2 is 1.97 bits per heavy atom. The first-order chi connectivity index (χ1) is 14.2. The van der Waals surface area contributed by atoms with E-state index in [-0.39, 0.29) is 6.03 Å². The molecule has 2 amide bonds. The zero-order valence-corrected chi connectivity index (χ0v) is 16.8. The van der Waals surface area contributed by atoms with Crippen LogP contribution >= 0.6 is 0 Å². The molecule has 152 valence electrons. The van der Waals surface area contributed by atoms with E-state index in [1.165, 1.54) is 10.9 Å². The van der Waals surface area contributed by atoms with Gasteiger partial charge in [0.2, 0.25) is 0 Å². The number of nitrogens with one attached hydrogen (secondary N) is 1. The molecule has 29 heavy (non-hydrogen) atoms. The van der Waals surface area contributed by atoms with Crippen LogP contribution in [0.1, 0.15) is 30.7 Å². The van der Waals surface area contributed by atoms with Gasteiger partial charge < -0.3 is 19.5 Å². The van der Waals surface area contributed by atoms with E-state index < -0.39 is 0 Å². The number of H-pyrrole nitrogens is 1. The summed E-state index contributed by atoms with van der Waals surface area (Å²) in [5, 5.41) is 2.33. The number of amides is 2. The molecule has 0 radical (unpaired) electrons. The number of hydrogen-bond acceptors (Lipinski definition) is 4. The number of fused-ring (bicyclic) bond motifs is 3. The normalized spacial score (nSPS) is 20.8. The molecule has 7 nitrogen and oxygen atoms in total. The highest BCUT2D eigenvalue weighted by molar-refractivity contribution is 6.05. The van der Waals surface area contributed by atoms with Crippen molar-refractivity contribution >= 4 is 28.0 Å². The Morgan fingerprint density at radius 1 is 1.17 bits per heavy atom. The molecule has 2 saturated heterocycles. The van der Waals surface area contributed by atoms with Gasteiger partial charge in [-0.3, -0.25) is 0 Å². The summed E-state index contributed by atoms with van der Waals surface area (Å²) in [4.78, 5) is 29.3. The number of methoxy groups -OCH3 is 1. The van der Waals surface area contributed by atoms with Crippen molar-refractivity contribution in [2.24, 2.45) is 5.92 Å². The Morgan fingerprint density at radius 3 is 2.79 bits per heavy atom. The number of likely N-dealkylation sites (tertiary alicyclic amines) is 2. The van der Waals surface area contributed by atoms with Gasteiger partial charge in [-0.05, 0) is 36.8 Å². The second-order valence-electron chi connectivity index (χ2n) is 8.27. The van der Waals surface area contributed by atoms with Gasteiger partial charge >= 0.3 is 6.03 Å². The van der Waals surface area contributed by atoms with Gasteiger partial charge in [-0.1, -0.05) is 6.07 Å². The molecule has 2 aliphatic heterocycles. The van der Waals surface area contributed by atoms with Gasteiger partial charge in [-0.2, -0.15) is 0 Å². The van der Waals surface area contributed by atoms with E-state index >= 15 is 0 Å². The molecule has 0 spiro atoms. The second-order valence-corrected chi connectivity index (χ2v) is 8.27. The standard InChI is InChI=1S/C22H27N5O2/c1-29-14-15-4-8-27(13-15)22(28)26-9-5-16(6-10-26)18-11-24-21-20(18)17-3-2-7-23-19(17)12-25-21/h2-3,7,11-12,15-16,23H,4-6,8-10,13-14H2,1H3. The van der Waals surface area contributed by atoms with Crippen LogP contribution in [0.3, 0.4) is 0 Å². The molecule has 0 bridgehead atoms. The highest BCUT2D eigenvalue weighted by Gasteiger charge is 2.32. The topological polar surface area (TPSA) is 74.3 Å². The fourth-order valence-electron chi connectivity index (χ4n) is 4.93. The number of carbonyl (C=O) groups is 1. The number of nitrogens with zero attached hydrogens (tertiary/aromatic N) is 4. The first-order valence-corrected chi connectivity index (χ1v) is 10.5. The maximum atomic E-state index is 12.9. The molecule has 0 saturated carbocycles. The number of ether oxygens (including phenoxy) is 1. The van der Waals surface area contributed by atoms with Crippen molar-refractivity contribution in [1.82, 2.24) is 24.8 Å². The van der Waals surface area contributed by atoms with E-state index in [0.717, 1.165) is 68.6 Å². The molecule has 0 aromatic carbocycles. The summed E-state index contributed by atoms with van der Waals surface area (Å²) in [6.45, 7) is 4.00. The number of carbonyl (C=O) groups excluding carboxylic acids is 1. The van der Waals surface area contributed by atoms with Crippen molar-refractivity contribution in [2.75, 3.05) is 39.9 Å². The van der Waals surface area contributed by atoms with Gasteiger partial charge in [0.15, 0.2) is 5.65 Å². The highest BCUT2D eigenvalue weighted by Crippen LogP contribution is 2.36. The lowest BCUT2D eigenvalue weighted by Gasteiger charge is -2.34. The Labute approximate surface area is 170 Å². The molecular formula is C22H27N5O2. The summed E-state index contributed by atoms with van der Waals surface area (Å²) in [5.41, 5.74) is 3.11. The average molecular weight is 393 g/mol. The van der Waals surface area contributed by atoms with E-state index in [2.05, 4.69) is 21.0 Å². The number of rotatable bonds is 3. The van der Waals surface area contributed by atoms with Crippen molar-refractivity contribution in [3.05, 3.63) is 36.3 Å². The molecule has 7 heteroatoms. The zero-order chi connectivity index (χ0) is 19.8. The molecule has 1 unspecified atom stereocenters. The average Bonchev–Trinajstić information content (AvgIpc) is 3.41. The predicted molar refractivity (Wildman–Crippen MR) is 112 cm³/mol. The molecule has 5 heterocycles. The van der Waals surface area contributed by atoms with Crippen LogP contribution in [0, 0.1) is 5.92 Å². The molecule has 3 aromatic heterocycles. The number of aromatic amines is 1. The van der Waals surface area contributed by atoms with Crippen LogP contribution in [-0.4, -0.2) is 70.7 Å². The first kappa shape index (κ1) is 18.4. The van der Waals surface area contributed by atoms with Gasteiger partial charge in [0, 0.05) is 62.4 Å². The Hall–Kier alpha value is -2.67. The summed E-state index contributed by atoms with van der Waals surface area (Å²) in [7, 11) is 1.73.